The first-order valence-electron chi connectivity index (χ1n) is 6.37. The second kappa shape index (κ2) is 6.77. The fourth-order valence-corrected chi connectivity index (χ4v) is 2.88. The molecule has 6 heteroatoms. The van der Waals surface area contributed by atoms with Gasteiger partial charge < -0.3 is 10.5 Å². The van der Waals surface area contributed by atoms with E-state index >= 15 is 0 Å². The number of sulfonamides is 1. The molecule has 0 amide bonds. The number of hydrogen-bond donors (Lipinski definition) is 2. The first-order chi connectivity index (χ1) is 8.94. The van der Waals surface area contributed by atoms with E-state index in [1.165, 1.54) is 25.3 Å². The molecule has 0 fully saturated rings. The van der Waals surface area contributed by atoms with Crippen LogP contribution in [0.3, 0.4) is 0 Å². The smallest absolute Gasteiger partial charge is 0.240 e. The minimum atomic E-state index is -3.51. The first kappa shape index (κ1) is 15.8. The Hall–Kier alpha value is -1.27. The summed E-state index contributed by atoms with van der Waals surface area (Å²) in [6.45, 7) is 4.55. The lowest BCUT2D eigenvalue weighted by molar-refractivity contribution is 0.415. The average Bonchev–Trinajstić information content (AvgIpc) is 2.40. The predicted molar refractivity (Wildman–Crippen MR) is 76.7 cm³/mol. The Bertz CT molecular complexity index is 511. The molecule has 0 radical (unpaired) electrons. The lowest BCUT2D eigenvalue weighted by Crippen LogP contribution is -2.29. The van der Waals surface area contributed by atoms with E-state index in [9.17, 15) is 8.42 Å². The summed E-state index contributed by atoms with van der Waals surface area (Å²) in [5, 5.41) is 0. The number of anilines is 1. The van der Waals surface area contributed by atoms with Gasteiger partial charge in [0.05, 0.1) is 17.7 Å². The van der Waals surface area contributed by atoms with Crippen molar-refractivity contribution in [3.05, 3.63) is 18.2 Å². The zero-order valence-corrected chi connectivity index (χ0v) is 12.5. The highest BCUT2D eigenvalue weighted by atomic mass is 32.2. The van der Waals surface area contributed by atoms with Gasteiger partial charge in [-0.1, -0.05) is 26.7 Å². The molecule has 0 bridgehead atoms. The molecule has 5 nitrogen and oxygen atoms in total. The van der Waals surface area contributed by atoms with Gasteiger partial charge in [0, 0.05) is 12.6 Å². The van der Waals surface area contributed by atoms with Crippen molar-refractivity contribution in [1.82, 2.24) is 4.72 Å². The summed E-state index contributed by atoms with van der Waals surface area (Å²) in [5.41, 5.74) is 6.09. The molecule has 108 valence electrons. The largest absolute Gasteiger partial charge is 0.495 e. The Morgan fingerprint density at radius 3 is 2.47 bits per heavy atom. The topological polar surface area (TPSA) is 81.4 Å². The zero-order chi connectivity index (χ0) is 14.5. The summed E-state index contributed by atoms with van der Waals surface area (Å²) in [6, 6.07) is 4.45. The molecule has 0 aliphatic rings. The molecule has 0 heterocycles. The number of benzene rings is 1. The molecule has 1 aromatic rings. The Morgan fingerprint density at radius 2 is 1.95 bits per heavy atom. The van der Waals surface area contributed by atoms with Gasteiger partial charge in [-0.25, -0.2) is 13.1 Å². The zero-order valence-electron chi connectivity index (χ0n) is 11.6. The highest BCUT2D eigenvalue weighted by Gasteiger charge is 2.17. The molecule has 0 atom stereocenters. The maximum Gasteiger partial charge on any atom is 0.240 e. The van der Waals surface area contributed by atoms with Gasteiger partial charge >= 0.3 is 0 Å². The van der Waals surface area contributed by atoms with E-state index in [-0.39, 0.29) is 4.90 Å². The highest BCUT2D eigenvalue weighted by Crippen LogP contribution is 2.24. The summed E-state index contributed by atoms with van der Waals surface area (Å²) < 4.78 is 31.9. The summed E-state index contributed by atoms with van der Waals surface area (Å²) in [6.07, 6.45) is 1.90. The van der Waals surface area contributed by atoms with Crippen LogP contribution in [0.2, 0.25) is 0 Å². The van der Waals surface area contributed by atoms with E-state index in [1.54, 1.807) is 0 Å². The predicted octanol–water partition coefficient (Wildman–Crippen LogP) is 1.99. The van der Waals surface area contributed by atoms with Gasteiger partial charge in [-0.15, -0.1) is 0 Å². The van der Waals surface area contributed by atoms with Crippen LogP contribution in [-0.2, 0) is 10.0 Å². The van der Waals surface area contributed by atoms with Gasteiger partial charge in [0.15, 0.2) is 0 Å². The Balaban J connectivity index is 2.88. The molecule has 0 unspecified atom stereocenters. The fourth-order valence-electron chi connectivity index (χ4n) is 1.75. The van der Waals surface area contributed by atoms with E-state index in [1.807, 2.05) is 0 Å². The molecule has 0 aliphatic heterocycles. The summed E-state index contributed by atoms with van der Waals surface area (Å²) in [5.74, 6) is 0.718. The molecule has 1 rings (SSSR count). The van der Waals surface area contributed by atoms with Crippen LogP contribution < -0.4 is 15.2 Å². The number of methoxy groups -OCH3 is 1. The Labute approximate surface area is 115 Å². The molecule has 0 saturated carbocycles. The van der Waals surface area contributed by atoms with Gasteiger partial charge in [-0.2, -0.15) is 0 Å². The van der Waals surface area contributed by atoms with Crippen LogP contribution in [0.5, 0.6) is 5.75 Å². The quantitative estimate of drug-likeness (QED) is 0.751. The van der Waals surface area contributed by atoms with Crippen molar-refractivity contribution in [2.24, 2.45) is 5.92 Å². The van der Waals surface area contributed by atoms with Crippen molar-refractivity contribution < 1.29 is 13.2 Å². The Morgan fingerprint density at radius 1 is 1.32 bits per heavy atom. The van der Waals surface area contributed by atoms with Crippen LogP contribution >= 0.6 is 0 Å². The van der Waals surface area contributed by atoms with Crippen molar-refractivity contribution >= 4 is 15.7 Å². The maximum absolute atomic E-state index is 12.1. The van der Waals surface area contributed by atoms with Crippen molar-refractivity contribution in [2.75, 3.05) is 19.4 Å². The number of hydrogen-bond acceptors (Lipinski definition) is 4. The minimum absolute atomic E-state index is 0.171. The third-order valence-electron chi connectivity index (χ3n) is 3.23. The molecule has 0 spiro atoms. The number of nitrogen functional groups attached to an aromatic ring is 1. The highest BCUT2D eigenvalue weighted by molar-refractivity contribution is 7.89. The third-order valence-corrected chi connectivity index (χ3v) is 4.65. The fraction of sp³-hybridized carbons (Fsp3) is 0.538. The van der Waals surface area contributed by atoms with Crippen LogP contribution in [0.1, 0.15) is 26.7 Å². The normalized spacial score (nSPS) is 11.8. The van der Waals surface area contributed by atoms with Crippen LogP contribution in [0.4, 0.5) is 5.69 Å². The molecule has 0 aliphatic carbocycles. The molecule has 1 aromatic carbocycles. The lowest BCUT2D eigenvalue weighted by atomic mass is 10.0. The number of rotatable bonds is 7. The SMILES string of the molecule is CCC(CC)CNS(=O)(=O)c1ccc(N)c(OC)c1. The Kier molecular flexibility index (Phi) is 5.62. The average molecular weight is 286 g/mol. The molecule has 0 aromatic heterocycles. The molecule has 3 N–H and O–H groups in total. The molecule has 19 heavy (non-hydrogen) atoms. The molecular formula is C13H22N2O3S. The van der Waals surface area contributed by atoms with Crippen molar-refractivity contribution in [2.45, 2.75) is 31.6 Å². The van der Waals surface area contributed by atoms with Gasteiger partial charge in [0.2, 0.25) is 10.0 Å². The number of ether oxygens (including phenoxy) is 1. The van der Waals surface area contributed by atoms with Crippen molar-refractivity contribution in [1.29, 1.82) is 0 Å². The van der Waals surface area contributed by atoms with Gasteiger partial charge in [-0.3, -0.25) is 0 Å². The molecular weight excluding hydrogens is 264 g/mol. The van der Waals surface area contributed by atoms with Crippen LogP contribution in [0, 0.1) is 5.92 Å². The minimum Gasteiger partial charge on any atom is -0.495 e. The maximum atomic E-state index is 12.1. The van der Waals surface area contributed by atoms with Crippen molar-refractivity contribution in [3.63, 3.8) is 0 Å². The van der Waals surface area contributed by atoms with E-state index in [0.717, 1.165) is 12.8 Å². The van der Waals surface area contributed by atoms with Crippen LogP contribution in [0.25, 0.3) is 0 Å². The van der Waals surface area contributed by atoms with Crippen molar-refractivity contribution in [3.8, 4) is 5.75 Å². The molecule has 0 saturated heterocycles. The van der Waals surface area contributed by atoms with E-state index in [0.29, 0.717) is 23.9 Å². The number of nitrogens with one attached hydrogen (secondary N) is 1. The van der Waals surface area contributed by atoms with E-state index in [2.05, 4.69) is 18.6 Å². The number of nitrogens with two attached hydrogens (primary N) is 1. The van der Waals surface area contributed by atoms with Crippen LogP contribution in [-0.4, -0.2) is 22.1 Å². The van der Waals surface area contributed by atoms with Gasteiger partial charge in [0.1, 0.15) is 5.75 Å². The summed E-state index contributed by atoms with van der Waals surface area (Å²) >= 11 is 0. The van der Waals surface area contributed by atoms with Gasteiger partial charge in [0.25, 0.3) is 0 Å². The second-order valence-corrected chi connectivity index (χ2v) is 6.21. The van der Waals surface area contributed by atoms with Gasteiger partial charge in [-0.05, 0) is 18.1 Å². The second-order valence-electron chi connectivity index (χ2n) is 4.44. The lowest BCUT2D eigenvalue weighted by Gasteiger charge is -2.14. The first-order valence-corrected chi connectivity index (χ1v) is 7.86. The van der Waals surface area contributed by atoms with Crippen LogP contribution in [0.15, 0.2) is 23.1 Å². The summed E-state index contributed by atoms with van der Waals surface area (Å²) in [4.78, 5) is 0.171. The standard InChI is InChI=1S/C13H22N2O3S/c1-4-10(5-2)9-15-19(16,17)11-6-7-12(14)13(8-11)18-3/h6-8,10,15H,4-5,9,14H2,1-3H3. The summed E-state index contributed by atoms with van der Waals surface area (Å²) in [7, 11) is -2.05. The van der Waals surface area contributed by atoms with E-state index in [4.69, 9.17) is 10.5 Å². The monoisotopic (exact) mass is 286 g/mol. The third kappa shape index (κ3) is 4.11. The van der Waals surface area contributed by atoms with E-state index < -0.39 is 10.0 Å².